The van der Waals surface area contributed by atoms with Crippen LogP contribution in [0.25, 0.3) is 0 Å². The molecule has 0 unspecified atom stereocenters. The Kier molecular flexibility index (Phi) is 4.42. The Labute approximate surface area is 126 Å². The van der Waals surface area contributed by atoms with E-state index in [1.807, 2.05) is 13.0 Å². The maximum Gasteiger partial charge on any atom is 0.279 e. The summed E-state index contributed by atoms with van der Waals surface area (Å²) in [7, 11) is -3.71. The molecule has 0 radical (unpaired) electrons. The third kappa shape index (κ3) is 3.36. The van der Waals surface area contributed by atoms with Crippen LogP contribution in [0.4, 0.5) is 5.69 Å². The zero-order chi connectivity index (χ0) is 14.8. The first-order valence-corrected chi connectivity index (χ1v) is 8.14. The maximum atomic E-state index is 12.2. The van der Waals surface area contributed by atoms with Crippen LogP contribution in [0, 0.1) is 6.92 Å². The molecule has 0 atom stereocenters. The fraction of sp³-hybridized carbons (Fsp3) is 0.154. The molecule has 20 heavy (non-hydrogen) atoms. The monoisotopic (exact) mass is 355 g/mol. The second kappa shape index (κ2) is 5.90. The lowest BCUT2D eigenvalue weighted by molar-refractivity contribution is 0.597. The van der Waals surface area contributed by atoms with Crippen LogP contribution in [0.2, 0.25) is 0 Å². The molecule has 1 heterocycles. The molecule has 0 bridgehead atoms. The number of benzene rings is 1. The quantitative estimate of drug-likeness (QED) is 0.881. The molecule has 3 N–H and O–H groups in total. The molecule has 0 aliphatic carbocycles. The highest BCUT2D eigenvalue weighted by Gasteiger charge is 2.17. The summed E-state index contributed by atoms with van der Waals surface area (Å²) in [5.74, 6) is 0. The number of rotatable bonds is 4. The van der Waals surface area contributed by atoms with Gasteiger partial charge in [0.05, 0.1) is 5.69 Å². The lowest BCUT2D eigenvalue weighted by atomic mass is 10.2. The normalized spacial score (nSPS) is 11.3. The number of halogens is 1. The van der Waals surface area contributed by atoms with Crippen molar-refractivity contribution in [2.45, 2.75) is 18.5 Å². The predicted molar refractivity (Wildman–Crippen MR) is 81.8 cm³/mol. The van der Waals surface area contributed by atoms with Gasteiger partial charge in [-0.05, 0) is 52.2 Å². The number of nitrogens with two attached hydrogens (primary N) is 1. The Morgan fingerprint density at radius 3 is 2.65 bits per heavy atom. The van der Waals surface area contributed by atoms with Crippen LogP contribution in [-0.4, -0.2) is 13.4 Å². The minimum absolute atomic E-state index is 0.0388. The van der Waals surface area contributed by atoms with Crippen LogP contribution >= 0.6 is 15.9 Å². The van der Waals surface area contributed by atoms with Crippen molar-refractivity contribution in [2.75, 3.05) is 4.72 Å². The number of sulfonamides is 1. The average molecular weight is 356 g/mol. The molecule has 2 aromatic rings. The van der Waals surface area contributed by atoms with Crippen LogP contribution < -0.4 is 10.5 Å². The fourth-order valence-electron chi connectivity index (χ4n) is 1.61. The van der Waals surface area contributed by atoms with Gasteiger partial charge in [0.2, 0.25) is 0 Å². The van der Waals surface area contributed by atoms with Gasteiger partial charge in [-0.3, -0.25) is 4.72 Å². The molecule has 0 spiro atoms. The molecule has 0 fully saturated rings. The topological polar surface area (TPSA) is 85.1 Å². The molecule has 1 aromatic carbocycles. The van der Waals surface area contributed by atoms with Gasteiger partial charge in [0.1, 0.15) is 0 Å². The van der Waals surface area contributed by atoms with E-state index >= 15 is 0 Å². The van der Waals surface area contributed by atoms with Crippen molar-refractivity contribution in [3.8, 4) is 0 Å². The third-order valence-corrected chi connectivity index (χ3v) is 4.65. The van der Waals surface area contributed by atoms with Crippen molar-refractivity contribution in [1.82, 2.24) is 4.98 Å². The van der Waals surface area contributed by atoms with E-state index in [2.05, 4.69) is 25.6 Å². The zero-order valence-corrected chi connectivity index (χ0v) is 13.2. The van der Waals surface area contributed by atoms with Crippen molar-refractivity contribution in [1.29, 1.82) is 0 Å². The van der Waals surface area contributed by atoms with Crippen molar-refractivity contribution in [3.05, 3.63) is 52.1 Å². The van der Waals surface area contributed by atoms with E-state index in [-0.39, 0.29) is 5.03 Å². The van der Waals surface area contributed by atoms with Gasteiger partial charge in [0.15, 0.2) is 5.03 Å². The van der Waals surface area contributed by atoms with E-state index in [9.17, 15) is 8.42 Å². The second-order valence-electron chi connectivity index (χ2n) is 4.30. The summed E-state index contributed by atoms with van der Waals surface area (Å²) < 4.78 is 27.7. The largest absolute Gasteiger partial charge is 0.326 e. The van der Waals surface area contributed by atoms with Crippen LogP contribution in [0.3, 0.4) is 0 Å². The number of nitrogens with one attached hydrogen (secondary N) is 1. The number of anilines is 1. The first-order valence-electron chi connectivity index (χ1n) is 5.86. The first-order chi connectivity index (χ1) is 9.42. The van der Waals surface area contributed by atoms with Crippen LogP contribution in [0.5, 0.6) is 0 Å². The summed E-state index contributed by atoms with van der Waals surface area (Å²) in [6.07, 6.45) is 1.46. The lowest BCUT2D eigenvalue weighted by Crippen LogP contribution is -2.15. The molecular formula is C13H14BrN3O2S. The Balaban J connectivity index is 2.32. The molecule has 0 saturated heterocycles. The van der Waals surface area contributed by atoms with Crippen molar-refractivity contribution >= 4 is 31.6 Å². The van der Waals surface area contributed by atoms with Gasteiger partial charge < -0.3 is 5.73 Å². The van der Waals surface area contributed by atoms with Crippen molar-refractivity contribution < 1.29 is 8.42 Å². The van der Waals surface area contributed by atoms with Gasteiger partial charge in [-0.2, -0.15) is 8.42 Å². The van der Waals surface area contributed by atoms with Gasteiger partial charge in [-0.25, -0.2) is 4.98 Å². The predicted octanol–water partition coefficient (Wildman–Crippen LogP) is 2.41. The van der Waals surface area contributed by atoms with Crippen LogP contribution in [0.1, 0.15) is 11.1 Å². The molecule has 0 saturated carbocycles. The number of hydrogen-bond acceptors (Lipinski definition) is 4. The van der Waals surface area contributed by atoms with E-state index in [1.165, 1.54) is 12.3 Å². The number of pyridine rings is 1. The first kappa shape index (κ1) is 15.0. The highest BCUT2D eigenvalue weighted by Crippen LogP contribution is 2.25. The van der Waals surface area contributed by atoms with E-state index in [4.69, 9.17) is 5.73 Å². The lowest BCUT2D eigenvalue weighted by Gasteiger charge is -2.10. The molecular weight excluding hydrogens is 342 g/mol. The Bertz CT molecular complexity index is 715. The third-order valence-electron chi connectivity index (χ3n) is 2.67. The number of nitrogens with zero attached hydrogens (tertiary/aromatic N) is 1. The van der Waals surface area contributed by atoms with Gasteiger partial charge in [-0.15, -0.1) is 0 Å². The van der Waals surface area contributed by atoms with E-state index in [1.54, 1.807) is 18.2 Å². The van der Waals surface area contributed by atoms with E-state index < -0.39 is 10.0 Å². The molecule has 106 valence electrons. The summed E-state index contributed by atoms with van der Waals surface area (Å²) in [5.41, 5.74) is 7.67. The van der Waals surface area contributed by atoms with Crippen molar-refractivity contribution in [2.24, 2.45) is 5.73 Å². The number of hydrogen-bond donors (Lipinski definition) is 2. The second-order valence-corrected chi connectivity index (χ2v) is 6.78. The Morgan fingerprint density at radius 2 is 2.05 bits per heavy atom. The summed E-state index contributed by atoms with van der Waals surface area (Å²) >= 11 is 3.31. The maximum absolute atomic E-state index is 12.2. The number of aryl methyl sites for hydroxylation is 1. The molecule has 0 aliphatic rings. The van der Waals surface area contributed by atoms with Gasteiger partial charge in [-0.1, -0.05) is 12.1 Å². The minimum Gasteiger partial charge on any atom is -0.326 e. The molecule has 0 aliphatic heterocycles. The highest BCUT2D eigenvalue weighted by atomic mass is 79.9. The number of aromatic nitrogens is 1. The molecule has 7 heteroatoms. The summed E-state index contributed by atoms with van der Waals surface area (Å²) in [6, 6.07) is 8.51. The molecule has 2 rings (SSSR count). The van der Waals surface area contributed by atoms with Gasteiger partial charge in [0, 0.05) is 17.2 Å². The Morgan fingerprint density at radius 1 is 1.30 bits per heavy atom. The molecule has 1 aromatic heterocycles. The standard InChI is InChI=1S/C13H14BrN3O2S/c1-9-2-4-11(14)12(6-9)17-20(18,19)13-5-3-10(7-15)8-16-13/h2-6,8,17H,7,15H2,1H3. The van der Waals surface area contributed by atoms with Crippen LogP contribution in [0.15, 0.2) is 46.0 Å². The SMILES string of the molecule is Cc1ccc(Br)c(NS(=O)(=O)c2ccc(CN)cn2)c1. The summed E-state index contributed by atoms with van der Waals surface area (Å²) in [5, 5.41) is -0.0388. The van der Waals surface area contributed by atoms with Gasteiger partial charge >= 0.3 is 0 Å². The summed E-state index contributed by atoms with van der Waals surface area (Å²) in [4.78, 5) is 3.92. The van der Waals surface area contributed by atoms with E-state index in [0.717, 1.165) is 11.1 Å². The minimum atomic E-state index is -3.71. The zero-order valence-electron chi connectivity index (χ0n) is 10.8. The average Bonchev–Trinajstić information content (AvgIpc) is 2.43. The van der Waals surface area contributed by atoms with Gasteiger partial charge in [0.25, 0.3) is 10.0 Å². The summed E-state index contributed by atoms with van der Waals surface area (Å²) in [6.45, 7) is 2.21. The smallest absolute Gasteiger partial charge is 0.279 e. The highest BCUT2D eigenvalue weighted by molar-refractivity contribution is 9.10. The Hall–Kier alpha value is -1.44. The van der Waals surface area contributed by atoms with Crippen LogP contribution in [-0.2, 0) is 16.6 Å². The molecule has 0 amide bonds. The molecule has 5 nitrogen and oxygen atoms in total. The van der Waals surface area contributed by atoms with E-state index in [0.29, 0.717) is 16.7 Å². The fourth-order valence-corrected chi connectivity index (χ4v) is 3.08. The van der Waals surface area contributed by atoms with Crippen molar-refractivity contribution in [3.63, 3.8) is 0 Å².